The van der Waals surface area contributed by atoms with Gasteiger partial charge in [-0.2, -0.15) is 0 Å². The molecule has 0 aliphatic rings. The van der Waals surface area contributed by atoms with Gasteiger partial charge in [0.2, 0.25) is 5.43 Å². The van der Waals surface area contributed by atoms with Crippen LogP contribution in [0.15, 0.2) is 47.5 Å². The Morgan fingerprint density at radius 1 is 1.15 bits per heavy atom. The van der Waals surface area contributed by atoms with Crippen molar-refractivity contribution < 1.29 is 0 Å². The van der Waals surface area contributed by atoms with Gasteiger partial charge in [0.15, 0.2) is 0 Å². The summed E-state index contributed by atoms with van der Waals surface area (Å²) in [6, 6.07) is 8.90. The summed E-state index contributed by atoms with van der Waals surface area (Å²) < 4.78 is 1.82. The molecule has 0 spiro atoms. The highest BCUT2D eigenvalue weighted by Crippen LogP contribution is 2.25. The van der Waals surface area contributed by atoms with Crippen LogP contribution in [-0.2, 0) is 0 Å². The van der Waals surface area contributed by atoms with E-state index in [9.17, 15) is 4.79 Å². The van der Waals surface area contributed by atoms with Gasteiger partial charge in [-0.25, -0.2) is 4.98 Å². The number of aromatic nitrogens is 2. The maximum Gasteiger partial charge on any atom is 0.207 e. The summed E-state index contributed by atoms with van der Waals surface area (Å²) in [7, 11) is 0. The van der Waals surface area contributed by atoms with E-state index in [1.165, 1.54) is 12.3 Å². The number of pyridine rings is 2. The molecule has 0 unspecified atom stereocenters. The van der Waals surface area contributed by atoms with E-state index in [0.29, 0.717) is 21.1 Å². The summed E-state index contributed by atoms with van der Waals surface area (Å²) >= 11 is 12.2. The van der Waals surface area contributed by atoms with E-state index in [1.54, 1.807) is 12.3 Å². The van der Waals surface area contributed by atoms with Crippen LogP contribution in [0.25, 0.3) is 16.7 Å². The van der Waals surface area contributed by atoms with Crippen molar-refractivity contribution in [2.24, 2.45) is 0 Å². The topological polar surface area (TPSA) is 34.9 Å². The number of aryl methyl sites for hydroxylation is 1. The predicted octanol–water partition coefficient (Wildman–Crippen LogP) is 4.00. The monoisotopic (exact) mass is 304 g/mol. The zero-order chi connectivity index (χ0) is 14.3. The fraction of sp³-hybridized carbons (Fsp3) is 0.0667. The van der Waals surface area contributed by atoms with Crippen molar-refractivity contribution >= 4 is 34.2 Å². The van der Waals surface area contributed by atoms with Crippen molar-refractivity contribution in [3.05, 3.63) is 68.6 Å². The Bertz CT molecular complexity index is 871. The predicted molar refractivity (Wildman–Crippen MR) is 82.1 cm³/mol. The summed E-state index contributed by atoms with van der Waals surface area (Å²) in [4.78, 5) is 16.0. The van der Waals surface area contributed by atoms with Gasteiger partial charge >= 0.3 is 0 Å². The zero-order valence-corrected chi connectivity index (χ0v) is 12.1. The molecule has 0 saturated heterocycles. The smallest absolute Gasteiger partial charge is 0.207 e. The molecule has 0 atom stereocenters. The summed E-state index contributed by atoms with van der Waals surface area (Å²) in [5.74, 6) is 0. The Kier molecular flexibility index (Phi) is 3.24. The van der Waals surface area contributed by atoms with Crippen LogP contribution in [0.1, 0.15) is 5.56 Å². The largest absolute Gasteiger partial charge is 0.313 e. The normalized spacial score (nSPS) is 10.9. The molecule has 0 N–H and O–H groups in total. The van der Waals surface area contributed by atoms with Crippen LogP contribution in [0, 0.1) is 6.92 Å². The molecular formula is C15H10Cl2N2O. The van der Waals surface area contributed by atoms with Crippen molar-refractivity contribution in [2.45, 2.75) is 6.92 Å². The molecule has 0 fully saturated rings. The van der Waals surface area contributed by atoms with Gasteiger partial charge in [-0.1, -0.05) is 29.3 Å². The number of rotatable bonds is 1. The van der Waals surface area contributed by atoms with Crippen LogP contribution in [0.5, 0.6) is 0 Å². The number of benzene rings is 1. The Labute approximate surface area is 125 Å². The second-order valence-electron chi connectivity index (χ2n) is 4.53. The van der Waals surface area contributed by atoms with Crippen molar-refractivity contribution in [1.82, 2.24) is 9.55 Å². The second kappa shape index (κ2) is 4.93. The molecule has 0 aliphatic carbocycles. The molecule has 3 nitrogen and oxygen atoms in total. The first kappa shape index (κ1) is 13.2. The van der Waals surface area contributed by atoms with Gasteiger partial charge < -0.3 is 4.57 Å². The van der Waals surface area contributed by atoms with Crippen LogP contribution < -0.4 is 5.43 Å². The highest BCUT2D eigenvalue weighted by Gasteiger charge is 2.09. The molecule has 0 saturated carbocycles. The molecule has 0 bridgehead atoms. The van der Waals surface area contributed by atoms with Crippen LogP contribution >= 0.6 is 23.2 Å². The van der Waals surface area contributed by atoms with Crippen LogP contribution in [-0.4, -0.2) is 9.55 Å². The molecule has 1 aromatic carbocycles. The van der Waals surface area contributed by atoms with Gasteiger partial charge in [-0.15, -0.1) is 0 Å². The second-order valence-corrected chi connectivity index (χ2v) is 5.37. The van der Waals surface area contributed by atoms with Crippen molar-refractivity contribution in [1.29, 1.82) is 0 Å². The Morgan fingerprint density at radius 2 is 1.95 bits per heavy atom. The quantitative estimate of drug-likeness (QED) is 0.681. The number of nitrogens with zero attached hydrogens (tertiary/aromatic N) is 2. The molecule has 2 heterocycles. The van der Waals surface area contributed by atoms with Crippen LogP contribution in [0.4, 0.5) is 0 Å². The van der Waals surface area contributed by atoms with E-state index in [2.05, 4.69) is 4.98 Å². The highest BCUT2D eigenvalue weighted by atomic mass is 35.5. The first-order chi connectivity index (χ1) is 9.56. The number of hydrogen-bond donors (Lipinski definition) is 0. The fourth-order valence-corrected chi connectivity index (χ4v) is 2.48. The number of hydrogen-bond acceptors (Lipinski definition) is 2. The summed E-state index contributed by atoms with van der Waals surface area (Å²) in [6.07, 6.45) is 3.15. The molecule has 2 aromatic heterocycles. The Balaban J connectivity index is 2.42. The molecule has 3 aromatic rings. The summed E-state index contributed by atoms with van der Waals surface area (Å²) in [5.41, 5.74) is 2.73. The summed E-state index contributed by atoms with van der Waals surface area (Å²) in [6.45, 7) is 1.98. The minimum Gasteiger partial charge on any atom is -0.313 e. The maximum absolute atomic E-state index is 11.9. The first-order valence-electron chi connectivity index (χ1n) is 6.00. The lowest BCUT2D eigenvalue weighted by Gasteiger charge is -2.12. The van der Waals surface area contributed by atoms with Crippen molar-refractivity contribution in [2.75, 3.05) is 0 Å². The van der Waals surface area contributed by atoms with Crippen LogP contribution in [0.2, 0.25) is 10.0 Å². The molecule has 20 heavy (non-hydrogen) atoms. The molecule has 0 radical (unpaired) electrons. The van der Waals surface area contributed by atoms with E-state index >= 15 is 0 Å². The Hall–Kier alpha value is -1.84. The fourth-order valence-electron chi connectivity index (χ4n) is 2.12. The van der Waals surface area contributed by atoms with E-state index in [1.807, 2.05) is 29.7 Å². The first-order valence-corrected chi connectivity index (χ1v) is 6.75. The maximum atomic E-state index is 11.9. The molecule has 100 valence electrons. The van der Waals surface area contributed by atoms with Gasteiger partial charge in [-0.05, 0) is 30.7 Å². The SMILES string of the molecule is Cc1ccc(Cl)c(-n2ccc(=O)c3ncc(Cl)cc32)c1. The number of fused-ring (bicyclic) bond motifs is 1. The van der Waals surface area contributed by atoms with Crippen molar-refractivity contribution in [3.8, 4) is 5.69 Å². The van der Waals surface area contributed by atoms with Crippen molar-refractivity contribution in [3.63, 3.8) is 0 Å². The molecule has 0 aliphatic heterocycles. The third kappa shape index (κ3) is 2.19. The average Bonchev–Trinajstić information content (AvgIpc) is 2.42. The van der Waals surface area contributed by atoms with E-state index < -0.39 is 0 Å². The van der Waals surface area contributed by atoms with Gasteiger partial charge in [0.1, 0.15) is 5.52 Å². The van der Waals surface area contributed by atoms with Gasteiger partial charge in [0, 0.05) is 18.5 Å². The molecule has 5 heteroatoms. The van der Waals surface area contributed by atoms with E-state index in [0.717, 1.165) is 11.3 Å². The minimum absolute atomic E-state index is 0.142. The highest BCUT2D eigenvalue weighted by molar-refractivity contribution is 6.32. The minimum atomic E-state index is -0.142. The van der Waals surface area contributed by atoms with Crippen LogP contribution in [0.3, 0.4) is 0 Å². The van der Waals surface area contributed by atoms with E-state index in [-0.39, 0.29) is 5.43 Å². The summed E-state index contributed by atoms with van der Waals surface area (Å²) in [5, 5.41) is 1.07. The average molecular weight is 305 g/mol. The Morgan fingerprint density at radius 3 is 2.75 bits per heavy atom. The third-order valence-electron chi connectivity index (χ3n) is 3.06. The third-order valence-corrected chi connectivity index (χ3v) is 3.59. The van der Waals surface area contributed by atoms with Gasteiger partial charge in [0.05, 0.1) is 21.2 Å². The van der Waals surface area contributed by atoms with Gasteiger partial charge in [0.25, 0.3) is 0 Å². The molecule has 3 rings (SSSR count). The standard InChI is InChI=1S/C15H10Cl2N2O/c1-9-2-3-11(17)12(6-9)19-5-4-14(20)15-13(19)7-10(16)8-18-15/h2-8H,1H3. The van der Waals surface area contributed by atoms with Gasteiger partial charge in [-0.3, -0.25) is 4.79 Å². The lowest BCUT2D eigenvalue weighted by molar-refractivity contribution is 1.08. The lowest BCUT2D eigenvalue weighted by atomic mass is 10.2. The number of halogens is 2. The lowest BCUT2D eigenvalue weighted by Crippen LogP contribution is -2.08. The van der Waals surface area contributed by atoms with E-state index in [4.69, 9.17) is 23.2 Å². The molecular weight excluding hydrogens is 295 g/mol. The molecule has 0 amide bonds. The zero-order valence-electron chi connectivity index (χ0n) is 10.6.